The summed E-state index contributed by atoms with van der Waals surface area (Å²) in [6.07, 6.45) is 8.43. The monoisotopic (exact) mass is 283 g/mol. The molecule has 0 bridgehead atoms. The van der Waals surface area contributed by atoms with Crippen LogP contribution in [0.15, 0.2) is 0 Å². The van der Waals surface area contributed by atoms with Crippen molar-refractivity contribution >= 4 is 10.4 Å². The van der Waals surface area contributed by atoms with E-state index in [-0.39, 0.29) is 6.61 Å². The first-order chi connectivity index (χ1) is 8.33. The fourth-order valence-electron chi connectivity index (χ4n) is 1.36. The topological polar surface area (TPSA) is 66.8 Å². The highest BCUT2D eigenvalue weighted by Crippen LogP contribution is 2.04. The first kappa shape index (κ1) is 20.2. The zero-order valence-electron chi connectivity index (χ0n) is 12.2. The van der Waals surface area contributed by atoms with Crippen LogP contribution in [-0.4, -0.2) is 45.1 Å². The van der Waals surface area contributed by atoms with E-state index in [9.17, 15) is 8.42 Å². The van der Waals surface area contributed by atoms with E-state index < -0.39 is 10.4 Å². The Balaban J connectivity index is 0. The summed E-state index contributed by atoms with van der Waals surface area (Å²) in [6.45, 7) is 4.96. The molecule has 0 saturated carbocycles. The van der Waals surface area contributed by atoms with Crippen LogP contribution in [-0.2, 0) is 14.6 Å². The number of nitrogens with zero attached hydrogens (tertiary/aromatic N) is 1. The van der Waals surface area contributed by atoms with Crippen molar-refractivity contribution in [3.63, 3.8) is 0 Å². The number of unbranched alkanes of at least 4 members (excludes halogenated alkanes) is 5. The second kappa shape index (κ2) is 13.3. The first-order valence-electron chi connectivity index (χ1n) is 6.60. The van der Waals surface area contributed by atoms with Crippen molar-refractivity contribution in [2.24, 2.45) is 0 Å². The fraction of sp³-hybridized carbons (Fsp3) is 1.00. The lowest BCUT2D eigenvalue weighted by Gasteiger charge is -2.08. The molecular formula is C12H29NO4S. The van der Waals surface area contributed by atoms with Crippen molar-refractivity contribution in [2.45, 2.75) is 52.4 Å². The molecule has 0 aliphatic heterocycles. The third-order valence-corrected chi connectivity index (χ3v) is 2.76. The van der Waals surface area contributed by atoms with Gasteiger partial charge in [-0.15, -0.1) is 0 Å². The normalized spacial score (nSPS) is 11.2. The molecule has 112 valence electrons. The molecular weight excluding hydrogens is 254 g/mol. The third-order valence-electron chi connectivity index (χ3n) is 2.23. The number of hydrogen-bond donors (Lipinski definition) is 1. The van der Waals surface area contributed by atoms with Crippen LogP contribution in [0.3, 0.4) is 0 Å². The number of rotatable bonds is 9. The fourth-order valence-corrected chi connectivity index (χ4v) is 1.66. The molecule has 0 aliphatic carbocycles. The van der Waals surface area contributed by atoms with Crippen LogP contribution in [0, 0.1) is 0 Å². The Morgan fingerprint density at radius 1 is 1.00 bits per heavy atom. The molecule has 0 atom stereocenters. The van der Waals surface area contributed by atoms with Crippen LogP contribution in [0.1, 0.15) is 52.4 Å². The van der Waals surface area contributed by atoms with Crippen molar-refractivity contribution in [1.29, 1.82) is 0 Å². The molecule has 0 radical (unpaired) electrons. The van der Waals surface area contributed by atoms with Gasteiger partial charge < -0.3 is 4.90 Å². The number of hydrogen-bond acceptors (Lipinski definition) is 4. The predicted molar refractivity (Wildman–Crippen MR) is 75.1 cm³/mol. The molecule has 1 N–H and O–H groups in total. The molecule has 0 spiro atoms. The van der Waals surface area contributed by atoms with Crippen LogP contribution >= 0.6 is 0 Å². The van der Waals surface area contributed by atoms with Gasteiger partial charge in [0.2, 0.25) is 0 Å². The summed E-state index contributed by atoms with van der Waals surface area (Å²) >= 11 is 0. The highest BCUT2D eigenvalue weighted by atomic mass is 32.3. The average molecular weight is 283 g/mol. The first-order valence-corrected chi connectivity index (χ1v) is 7.96. The highest BCUT2D eigenvalue weighted by Gasteiger charge is 1.98. The maximum absolute atomic E-state index is 9.56. The van der Waals surface area contributed by atoms with Gasteiger partial charge in [-0.2, -0.15) is 8.42 Å². The van der Waals surface area contributed by atoms with Gasteiger partial charge in [0.15, 0.2) is 0 Å². The van der Waals surface area contributed by atoms with Crippen molar-refractivity contribution in [3.05, 3.63) is 0 Å². The zero-order valence-corrected chi connectivity index (χ0v) is 13.0. The van der Waals surface area contributed by atoms with Crippen molar-refractivity contribution in [3.8, 4) is 0 Å². The van der Waals surface area contributed by atoms with Gasteiger partial charge in [-0.25, -0.2) is 4.18 Å². The summed E-state index contributed by atoms with van der Waals surface area (Å²) in [5, 5.41) is 0. The Morgan fingerprint density at radius 3 is 1.83 bits per heavy atom. The van der Waals surface area contributed by atoms with E-state index in [1.54, 1.807) is 0 Å². The SMILES string of the molecule is CCCCCCCCN(C)C.CCOS(=O)(=O)O. The van der Waals surface area contributed by atoms with Gasteiger partial charge in [0.25, 0.3) is 0 Å². The predicted octanol–water partition coefficient (Wildman–Crippen LogP) is 2.73. The summed E-state index contributed by atoms with van der Waals surface area (Å²) in [5.74, 6) is 0. The highest BCUT2D eigenvalue weighted by molar-refractivity contribution is 7.80. The Kier molecular flexibility index (Phi) is 14.9. The molecule has 18 heavy (non-hydrogen) atoms. The standard InChI is InChI=1S/C10H23N.C2H6O4S/c1-4-5-6-7-8-9-10-11(2)3;1-2-6-7(3,4)5/h4-10H2,1-3H3;2H2,1H3,(H,3,4,5). The summed E-state index contributed by atoms with van der Waals surface area (Å²) in [4.78, 5) is 2.26. The van der Waals surface area contributed by atoms with Crippen LogP contribution in [0.2, 0.25) is 0 Å². The minimum atomic E-state index is -4.17. The summed E-state index contributed by atoms with van der Waals surface area (Å²) in [6, 6.07) is 0. The molecule has 0 aromatic rings. The average Bonchev–Trinajstić information content (AvgIpc) is 2.22. The van der Waals surface area contributed by atoms with Crippen LogP contribution in [0.25, 0.3) is 0 Å². The smallest absolute Gasteiger partial charge is 0.309 e. The Labute approximate surface area is 112 Å². The molecule has 0 aromatic heterocycles. The van der Waals surface area contributed by atoms with Gasteiger partial charge in [-0.05, 0) is 34.0 Å². The molecule has 0 amide bonds. The second-order valence-corrected chi connectivity index (χ2v) is 5.50. The van der Waals surface area contributed by atoms with Crippen molar-refractivity contribution < 1.29 is 17.2 Å². The van der Waals surface area contributed by atoms with Crippen molar-refractivity contribution in [1.82, 2.24) is 4.90 Å². The Morgan fingerprint density at radius 2 is 1.50 bits per heavy atom. The van der Waals surface area contributed by atoms with Gasteiger partial charge in [0.05, 0.1) is 6.61 Å². The quantitative estimate of drug-likeness (QED) is 0.520. The lowest BCUT2D eigenvalue weighted by Crippen LogP contribution is -2.12. The van der Waals surface area contributed by atoms with Crippen LogP contribution in [0.4, 0.5) is 0 Å². The summed E-state index contributed by atoms with van der Waals surface area (Å²) < 4.78 is 30.7. The molecule has 0 aromatic carbocycles. The third kappa shape index (κ3) is 24.9. The van der Waals surface area contributed by atoms with Gasteiger partial charge in [0.1, 0.15) is 0 Å². The second-order valence-electron chi connectivity index (χ2n) is 4.41. The molecule has 0 heterocycles. The maximum Gasteiger partial charge on any atom is 0.397 e. The summed E-state index contributed by atoms with van der Waals surface area (Å²) in [5.41, 5.74) is 0. The molecule has 0 fully saturated rings. The van der Waals surface area contributed by atoms with E-state index in [1.165, 1.54) is 52.0 Å². The van der Waals surface area contributed by atoms with Crippen LogP contribution < -0.4 is 0 Å². The molecule has 0 unspecified atom stereocenters. The van der Waals surface area contributed by atoms with Gasteiger partial charge in [-0.1, -0.05) is 39.0 Å². The summed E-state index contributed by atoms with van der Waals surface area (Å²) in [7, 11) is 0.116. The van der Waals surface area contributed by atoms with E-state index in [1.807, 2.05) is 0 Å². The minimum Gasteiger partial charge on any atom is -0.309 e. The van der Waals surface area contributed by atoms with Crippen LogP contribution in [0.5, 0.6) is 0 Å². The molecule has 0 saturated heterocycles. The van der Waals surface area contributed by atoms with E-state index in [4.69, 9.17) is 4.55 Å². The van der Waals surface area contributed by atoms with E-state index >= 15 is 0 Å². The Bertz CT molecular complexity index is 253. The van der Waals surface area contributed by atoms with Gasteiger partial charge in [0, 0.05) is 0 Å². The van der Waals surface area contributed by atoms with E-state index in [0.717, 1.165) is 0 Å². The maximum atomic E-state index is 9.56. The van der Waals surface area contributed by atoms with Gasteiger partial charge in [-0.3, -0.25) is 4.55 Å². The van der Waals surface area contributed by atoms with Gasteiger partial charge >= 0.3 is 10.4 Å². The minimum absolute atomic E-state index is 0.0289. The van der Waals surface area contributed by atoms with E-state index in [2.05, 4.69) is 30.1 Å². The lowest BCUT2D eigenvalue weighted by atomic mass is 10.1. The zero-order chi connectivity index (χ0) is 14.4. The lowest BCUT2D eigenvalue weighted by molar-refractivity contribution is 0.283. The Hall–Kier alpha value is -0.170. The van der Waals surface area contributed by atoms with E-state index in [0.29, 0.717) is 0 Å². The molecule has 0 aliphatic rings. The molecule has 5 nitrogen and oxygen atoms in total. The molecule has 6 heteroatoms. The van der Waals surface area contributed by atoms with Crippen molar-refractivity contribution in [2.75, 3.05) is 27.2 Å². The molecule has 0 rings (SSSR count). The largest absolute Gasteiger partial charge is 0.397 e.